The first-order chi connectivity index (χ1) is 9.33. The number of ether oxygens (including phenoxy) is 1. The Balaban J connectivity index is 1.53. The normalized spacial score (nSPS) is 19.8. The van der Waals surface area contributed by atoms with Crippen LogP contribution < -0.4 is 10.1 Å². The zero-order chi connectivity index (χ0) is 13.1. The molecule has 1 saturated carbocycles. The zero-order valence-electron chi connectivity index (χ0n) is 11.1. The molecule has 2 N–H and O–H groups in total. The largest absolute Gasteiger partial charge is 0.490 e. The third-order valence-corrected chi connectivity index (χ3v) is 4.79. The van der Waals surface area contributed by atoms with E-state index in [0.29, 0.717) is 19.2 Å². The van der Waals surface area contributed by atoms with Crippen LogP contribution in [0.25, 0.3) is 0 Å². The molecule has 1 heterocycles. The van der Waals surface area contributed by atoms with Gasteiger partial charge in [-0.2, -0.15) is 0 Å². The van der Waals surface area contributed by atoms with Gasteiger partial charge in [-0.3, -0.25) is 0 Å². The summed E-state index contributed by atoms with van der Waals surface area (Å²) in [5, 5.41) is 13.2. The van der Waals surface area contributed by atoms with E-state index in [1.807, 2.05) is 17.8 Å². The SMILES string of the molecule is OC(CNC1CC1)COc1cccc2c1SCCC2. The number of hydrogen-bond acceptors (Lipinski definition) is 4. The van der Waals surface area contributed by atoms with E-state index >= 15 is 0 Å². The van der Waals surface area contributed by atoms with Crippen molar-refractivity contribution in [2.45, 2.75) is 42.7 Å². The lowest BCUT2D eigenvalue weighted by molar-refractivity contribution is 0.104. The van der Waals surface area contributed by atoms with Gasteiger partial charge in [0.2, 0.25) is 0 Å². The minimum atomic E-state index is -0.426. The standard InChI is InChI=1S/C15H21NO2S/c17-13(9-16-12-6-7-12)10-18-14-5-1-3-11-4-2-8-19-15(11)14/h1,3,5,12-13,16-17H,2,4,6-10H2. The summed E-state index contributed by atoms with van der Waals surface area (Å²) in [6.45, 7) is 1.00. The van der Waals surface area contributed by atoms with Crippen molar-refractivity contribution in [3.63, 3.8) is 0 Å². The van der Waals surface area contributed by atoms with Crippen LogP contribution in [0, 0.1) is 0 Å². The van der Waals surface area contributed by atoms with Crippen molar-refractivity contribution in [3.05, 3.63) is 23.8 Å². The first-order valence-electron chi connectivity index (χ1n) is 7.12. The molecule has 0 spiro atoms. The Morgan fingerprint density at radius 2 is 2.32 bits per heavy atom. The van der Waals surface area contributed by atoms with Gasteiger partial charge in [-0.1, -0.05) is 12.1 Å². The number of benzene rings is 1. The molecule has 0 saturated heterocycles. The van der Waals surface area contributed by atoms with Gasteiger partial charge in [0.1, 0.15) is 18.5 Å². The topological polar surface area (TPSA) is 41.5 Å². The maximum Gasteiger partial charge on any atom is 0.133 e. The lowest BCUT2D eigenvalue weighted by Crippen LogP contribution is -2.32. The lowest BCUT2D eigenvalue weighted by atomic mass is 10.1. The molecule has 3 nitrogen and oxygen atoms in total. The molecule has 1 fully saturated rings. The molecule has 3 rings (SSSR count). The van der Waals surface area contributed by atoms with Crippen LogP contribution in [0.3, 0.4) is 0 Å². The van der Waals surface area contributed by atoms with Crippen LogP contribution in [0.15, 0.2) is 23.1 Å². The number of aryl methyl sites for hydroxylation is 1. The summed E-state index contributed by atoms with van der Waals surface area (Å²) in [5.74, 6) is 2.10. The Hall–Kier alpha value is -0.710. The summed E-state index contributed by atoms with van der Waals surface area (Å²) >= 11 is 1.87. The second-order valence-electron chi connectivity index (χ2n) is 5.34. The summed E-state index contributed by atoms with van der Waals surface area (Å²) in [6, 6.07) is 6.88. The van der Waals surface area contributed by atoms with Crippen LogP contribution in [0.4, 0.5) is 0 Å². The Morgan fingerprint density at radius 1 is 1.42 bits per heavy atom. The van der Waals surface area contributed by atoms with E-state index in [-0.39, 0.29) is 0 Å². The van der Waals surface area contributed by atoms with Crippen molar-refractivity contribution in [2.24, 2.45) is 0 Å². The molecule has 1 aromatic rings. The first-order valence-corrected chi connectivity index (χ1v) is 8.10. The van der Waals surface area contributed by atoms with Gasteiger partial charge in [-0.15, -0.1) is 11.8 Å². The van der Waals surface area contributed by atoms with E-state index in [1.165, 1.54) is 35.5 Å². The van der Waals surface area contributed by atoms with Gasteiger partial charge in [-0.25, -0.2) is 0 Å². The molecule has 0 amide bonds. The average Bonchev–Trinajstić information content (AvgIpc) is 3.27. The minimum Gasteiger partial charge on any atom is -0.490 e. The number of thioether (sulfide) groups is 1. The fourth-order valence-electron chi connectivity index (χ4n) is 2.31. The smallest absolute Gasteiger partial charge is 0.133 e. The number of rotatable bonds is 6. The number of aliphatic hydroxyl groups is 1. The Kier molecular flexibility index (Phi) is 4.31. The molecule has 1 aliphatic heterocycles. The van der Waals surface area contributed by atoms with Crippen LogP contribution in [0.2, 0.25) is 0 Å². The Bertz CT molecular complexity index is 434. The average molecular weight is 279 g/mol. The van der Waals surface area contributed by atoms with Gasteiger partial charge in [-0.05, 0) is 43.1 Å². The maximum absolute atomic E-state index is 9.90. The van der Waals surface area contributed by atoms with Crippen molar-refractivity contribution in [1.29, 1.82) is 0 Å². The molecular weight excluding hydrogens is 258 g/mol. The van der Waals surface area contributed by atoms with Gasteiger partial charge in [0.05, 0.1) is 4.90 Å². The maximum atomic E-state index is 9.90. The number of fused-ring (bicyclic) bond motifs is 1. The first kappa shape index (κ1) is 13.3. The second kappa shape index (κ2) is 6.16. The minimum absolute atomic E-state index is 0.372. The molecule has 4 heteroatoms. The van der Waals surface area contributed by atoms with Crippen molar-refractivity contribution in [2.75, 3.05) is 18.9 Å². The molecule has 104 valence electrons. The predicted molar refractivity (Wildman–Crippen MR) is 78.0 cm³/mol. The van der Waals surface area contributed by atoms with Crippen molar-refractivity contribution in [3.8, 4) is 5.75 Å². The highest BCUT2D eigenvalue weighted by atomic mass is 32.2. The van der Waals surface area contributed by atoms with Crippen LogP contribution in [-0.4, -0.2) is 36.2 Å². The molecule has 0 aromatic heterocycles. The molecule has 2 aliphatic rings. The summed E-state index contributed by atoms with van der Waals surface area (Å²) in [4.78, 5) is 1.27. The van der Waals surface area contributed by atoms with E-state index in [1.54, 1.807) is 0 Å². The quantitative estimate of drug-likeness (QED) is 0.838. The van der Waals surface area contributed by atoms with E-state index in [0.717, 1.165) is 12.2 Å². The van der Waals surface area contributed by atoms with Gasteiger partial charge >= 0.3 is 0 Å². The van der Waals surface area contributed by atoms with Crippen LogP contribution in [0.1, 0.15) is 24.8 Å². The van der Waals surface area contributed by atoms with Crippen molar-refractivity contribution < 1.29 is 9.84 Å². The fourth-order valence-corrected chi connectivity index (χ4v) is 3.43. The zero-order valence-corrected chi connectivity index (χ0v) is 11.9. The van der Waals surface area contributed by atoms with Crippen LogP contribution in [0.5, 0.6) is 5.75 Å². The molecule has 0 radical (unpaired) electrons. The van der Waals surface area contributed by atoms with E-state index in [2.05, 4.69) is 17.4 Å². The molecular formula is C15H21NO2S. The second-order valence-corrected chi connectivity index (χ2v) is 6.45. The number of hydrogen-bond donors (Lipinski definition) is 2. The molecule has 1 aromatic carbocycles. The molecule has 19 heavy (non-hydrogen) atoms. The summed E-state index contributed by atoms with van der Waals surface area (Å²) in [5.41, 5.74) is 1.39. The lowest BCUT2D eigenvalue weighted by Gasteiger charge is -2.20. The monoisotopic (exact) mass is 279 g/mol. The highest BCUT2D eigenvalue weighted by molar-refractivity contribution is 7.99. The van der Waals surface area contributed by atoms with E-state index in [9.17, 15) is 5.11 Å². The molecule has 1 unspecified atom stereocenters. The predicted octanol–water partition coefficient (Wildman–Crippen LogP) is 2.22. The van der Waals surface area contributed by atoms with Crippen LogP contribution in [-0.2, 0) is 6.42 Å². The van der Waals surface area contributed by atoms with E-state index in [4.69, 9.17) is 4.74 Å². The molecule has 1 aliphatic carbocycles. The van der Waals surface area contributed by atoms with Crippen molar-refractivity contribution >= 4 is 11.8 Å². The summed E-state index contributed by atoms with van der Waals surface area (Å²) in [7, 11) is 0. The summed E-state index contributed by atoms with van der Waals surface area (Å²) in [6.07, 6.45) is 4.46. The highest BCUT2D eigenvalue weighted by Gasteiger charge is 2.21. The Morgan fingerprint density at radius 3 is 3.16 bits per heavy atom. The third kappa shape index (κ3) is 3.65. The molecule has 1 atom stereocenters. The molecule has 0 bridgehead atoms. The number of aliphatic hydroxyl groups excluding tert-OH is 1. The van der Waals surface area contributed by atoms with Gasteiger partial charge in [0, 0.05) is 12.6 Å². The van der Waals surface area contributed by atoms with Crippen LogP contribution >= 0.6 is 11.8 Å². The van der Waals surface area contributed by atoms with Crippen molar-refractivity contribution in [1.82, 2.24) is 5.32 Å². The fraction of sp³-hybridized carbons (Fsp3) is 0.600. The third-order valence-electron chi connectivity index (χ3n) is 3.55. The van der Waals surface area contributed by atoms with E-state index < -0.39 is 6.10 Å². The number of nitrogens with one attached hydrogen (secondary N) is 1. The van der Waals surface area contributed by atoms with Gasteiger partial charge < -0.3 is 15.2 Å². The van der Waals surface area contributed by atoms with Gasteiger partial charge in [0.15, 0.2) is 0 Å². The highest BCUT2D eigenvalue weighted by Crippen LogP contribution is 2.37. The van der Waals surface area contributed by atoms with Gasteiger partial charge in [0.25, 0.3) is 0 Å². The Labute approximate surface area is 118 Å². The summed E-state index contributed by atoms with van der Waals surface area (Å²) < 4.78 is 5.81.